The zero-order chi connectivity index (χ0) is 18.7. The van der Waals surface area contributed by atoms with Crippen LogP contribution in [0.25, 0.3) is 0 Å². The van der Waals surface area contributed by atoms with Gasteiger partial charge in [0.2, 0.25) is 0 Å². The van der Waals surface area contributed by atoms with Gasteiger partial charge in [-0.15, -0.1) is 0 Å². The van der Waals surface area contributed by atoms with Crippen molar-refractivity contribution in [3.63, 3.8) is 0 Å². The van der Waals surface area contributed by atoms with Crippen LogP contribution in [-0.4, -0.2) is 47.0 Å². The zero-order valence-corrected chi connectivity index (χ0v) is 16.3. The summed E-state index contributed by atoms with van der Waals surface area (Å²) in [6.07, 6.45) is 0.689. The molecule has 5 nitrogen and oxygen atoms in total. The monoisotopic (exact) mass is 355 g/mol. The molecule has 0 bridgehead atoms. The van der Waals surface area contributed by atoms with Gasteiger partial charge in [0.15, 0.2) is 0 Å². The largest absolute Gasteiger partial charge is 0.360 e. The number of carbonyl (C=O) groups excluding carboxylic acids is 1. The van der Waals surface area contributed by atoms with E-state index in [0.29, 0.717) is 29.4 Å². The lowest BCUT2D eigenvalue weighted by Crippen LogP contribution is -2.48. The number of rotatable bonds is 5. The van der Waals surface area contributed by atoms with Crippen LogP contribution < -0.4 is 0 Å². The Labute approximate surface area is 156 Å². The van der Waals surface area contributed by atoms with E-state index in [4.69, 9.17) is 4.52 Å². The number of benzene rings is 1. The van der Waals surface area contributed by atoms with Crippen molar-refractivity contribution in [3.8, 4) is 0 Å². The minimum absolute atomic E-state index is 0.0570. The van der Waals surface area contributed by atoms with Gasteiger partial charge in [-0.05, 0) is 24.0 Å². The Morgan fingerprint density at radius 1 is 1.15 bits per heavy atom. The molecule has 0 radical (unpaired) electrons. The van der Waals surface area contributed by atoms with Crippen molar-refractivity contribution >= 4 is 5.91 Å². The van der Waals surface area contributed by atoms with Crippen molar-refractivity contribution in [2.75, 3.05) is 26.2 Å². The van der Waals surface area contributed by atoms with E-state index in [0.717, 1.165) is 32.7 Å². The minimum atomic E-state index is 0.0570. The van der Waals surface area contributed by atoms with Crippen LogP contribution in [0.1, 0.15) is 59.6 Å². The summed E-state index contributed by atoms with van der Waals surface area (Å²) in [7, 11) is 0. The number of carbonyl (C=O) groups is 1. The molecule has 3 rings (SSSR count). The highest BCUT2D eigenvalue weighted by Gasteiger charge is 2.27. The second-order valence-corrected chi connectivity index (χ2v) is 7.38. The van der Waals surface area contributed by atoms with E-state index in [2.05, 4.69) is 48.2 Å². The molecule has 1 aromatic carbocycles. The normalized spacial score (nSPS) is 15.7. The Bertz CT molecular complexity index is 741. The van der Waals surface area contributed by atoms with Crippen molar-refractivity contribution in [3.05, 3.63) is 52.4 Å². The van der Waals surface area contributed by atoms with E-state index in [1.165, 1.54) is 11.1 Å². The number of nitrogens with zero attached hydrogens (tertiary/aromatic N) is 3. The summed E-state index contributed by atoms with van der Waals surface area (Å²) in [6.45, 7) is 12.5. The van der Waals surface area contributed by atoms with Crippen LogP contribution >= 0.6 is 0 Å². The Morgan fingerprint density at radius 2 is 1.81 bits per heavy atom. The molecule has 140 valence electrons. The molecule has 0 aliphatic carbocycles. The number of amides is 1. The Morgan fingerprint density at radius 3 is 2.38 bits per heavy atom. The second-order valence-electron chi connectivity index (χ2n) is 7.38. The highest BCUT2D eigenvalue weighted by molar-refractivity contribution is 5.96. The molecule has 1 fully saturated rings. The molecule has 1 aliphatic heterocycles. The van der Waals surface area contributed by atoms with E-state index in [9.17, 15) is 4.79 Å². The van der Waals surface area contributed by atoms with Gasteiger partial charge in [-0.25, -0.2) is 0 Å². The predicted octanol–water partition coefficient (Wildman–Crippen LogP) is 3.63. The third kappa shape index (κ3) is 3.98. The molecule has 0 atom stereocenters. The number of aromatic nitrogens is 1. The summed E-state index contributed by atoms with van der Waals surface area (Å²) in [5.74, 6) is 1.31. The summed E-state index contributed by atoms with van der Waals surface area (Å²) in [6, 6.07) is 8.89. The maximum absolute atomic E-state index is 12.8. The lowest BCUT2D eigenvalue weighted by atomic mass is 10.0. The fourth-order valence-corrected chi connectivity index (χ4v) is 3.47. The predicted molar refractivity (Wildman–Crippen MR) is 102 cm³/mol. The van der Waals surface area contributed by atoms with Gasteiger partial charge in [-0.1, -0.05) is 50.2 Å². The van der Waals surface area contributed by atoms with Gasteiger partial charge < -0.3 is 9.42 Å². The molecule has 1 saturated heterocycles. The first kappa shape index (κ1) is 18.6. The number of piperazine rings is 1. The van der Waals surface area contributed by atoms with Gasteiger partial charge in [0, 0.05) is 39.1 Å². The van der Waals surface area contributed by atoms with Gasteiger partial charge in [0.05, 0.1) is 5.69 Å². The van der Waals surface area contributed by atoms with Crippen molar-refractivity contribution in [2.45, 2.75) is 46.6 Å². The molecule has 1 amide bonds. The Balaban J connectivity index is 1.57. The Hall–Kier alpha value is -2.14. The fraction of sp³-hybridized carbons (Fsp3) is 0.524. The van der Waals surface area contributed by atoms with E-state index in [1.54, 1.807) is 0 Å². The molecule has 1 aliphatic rings. The number of aryl methyl sites for hydroxylation is 2. The van der Waals surface area contributed by atoms with Crippen molar-refractivity contribution in [2.24, 2.45) is 0 Å². The molecule has 0 spiro atoms. The molecule has 0 saturated carbocycles. The lowest BCUT2D eigenvalue weighted by molar-refractivity contribution is 0.0625. The SMILES string of the molecule is CCc1onc(C)c1C(=O)N1CCN(Cc2ccc(C(C)C)cc2)CC1. The molecule has 0 unspecified atom stereocenters. The first-order valence-electron chi connectivity index (χ1n) is 9.55. The second kappa shape index (κ2) is 8.04. The maximum Gasteiger partial charge on any atom is 0.259 e. The highest BCUT2D eigenvalue weighted by Crippen LogP contribution is 2.19. The van der Waals surface area contributed by atoms with E-state index >= 15 is 0 Å². The minimum Gasteiger partial charge on any atom is -0.360 e. The van der Waals surface area contributed by atoms with Gasteiger partial charge in [-0.3, -0.25) is 9.69 Å². The lowest BCUT2D eigenvalue weighted by Gasteiger charge is -2.34. The number of hydrogen-bond acceptors (Lipinski definition) is 4. The smallest absolute Gasteiger partial charge is 0.259 e. The van der Waals surface area contributed by atoms with Gasteiger partial charge in [-0.2, -0.15) is 0 Å². The van der Waals surface area contributed by atoms with Crippen LogP contribution in [0.2, 0.25) is 0 Å². The molecule has 2 aromatic rings. The summed E-state index contributed by atoms with van der Waals surface area (Å²) in [5.41, 5.74) is 4.06. The van der Waals surface area contributed by atoms with Crippen LogP contribution in [0.3, 0.4) is 0 Å². The topological polar surface area (TPSA) is 49.6 Å². The third-order valence-electron chi connectivity index (χ3n) is 5.18. The highest BCUT2D eigenvalue weighted by atomic mass is 16.5. The average molecular weight is 355 g/mol. The summed E-state index contributed by atoms with van der Waals surface area (Å²) >= 11 is 0. The van der Waals surface area contributed by atoms with Crippen LogP contribution in [0.5, 0.6) is 0 Å². The molecule has 26 heavy (non-hydrogen) atoms. The van der Waals surface area contributed by atoms with Crippen LogP contribution in [0, 0.1) is 6.92 Å². The fourth-order valence-electron chi connectivity index (χ4n) is 3.47. The summed E-state index contributed by atoms with van der Waals surface area (Å²) in [5, 5.41) is 3.96. The quantitative estimate of drug-likeness (QED) is 0.822. The first-order valence-corrected chi connectivity index (χ1v) is 9.55. The average Bonchev–Trinajstić information content (AvgIpc) is 3.03. The summed E-state index contributed by atoms with van der Waals surface area (Å²) < 4.78 is 5.28. The molecule has 0 N–H and O–H groups in total. The van der Waals surface area contributed by atoms with Gasteiger partial charge in [0.1, 0.15) is 11.3 Å². The Kier molecular flexibility index (Phi) is 5.77. The first-order chi connectivity index (χ1) is 12.5. The maximum atomic E-state index is 12.8. The van der Waals surface area contributed by atoms with E-state index in [-0.39, 0.29) is 5.91 Å². The molecule has 5 heteroatoms. The third-order valence-corrected chi connectivity index (χ3v) is 5.18. The zero-order valence-electron chi connectivity index (χ0n) is 16.3. The van der Waals surface area contributed by atoms with Crippen LogP contribution in [0.4, 0.5) is 0 Å². The molecule has 1 aromatic heterocycles. The summed E-state index contributed by atoms with van der Waals surface area (Å²) in [4.78, 5) is 17.2. The van der Waals surface area contributed by atoms with Crippen LogP contribution in [0.15, 0.2) is 28.8 Å². The van der Waals surface area contributed by atoms with Crippen molar-refractivity contribution in [1.82, 2.24) is 15.0 Å². The molecular weight excluding hydrogens is 326 g/mol. The van der Waals surface area contributed by atoms with E-state index < -0.39 is 0 Å². The van der Waals surface area contributed by atoms with Gasteiger partial charge in [0.25, 0.3) is 5.91 Å². The van der Waals surface area contributed by atoms with Crippen LogP contribution in [-0.2, 0) is 13.0 Å². The number of hydrogen-bond donors (Lipinski definition) is 0. The van der Waals surface area contributed by atoms with Crippen molar-refractivity contribution in [1.29, 1.82) is 0 Å². The molecular formula is C21H29N3O2. The standard InChI is InChI=1S/C21H29N3O2/c1-5-19-20(16(4)22-26-19)21(25)24-12-10-23(11-13-24)14-17-6-8-18(9-7-17)15(2)3/h6-9,15H,5,10-14H2,1-4H3. The molecule has 2 heterocycles. The van der Waals surface area contributed by atoms with E-state index in [1.807, 2.05) is 18.7 Å². The van der Waals surface area contributed by atoms with Crippen molar-refractivity contribution < 1.29 is 9.32 Å². The van der Waals surface area contributed by atoms with Gasteiger partial charge >= 0.3 is 0 Å².